The standard InChI is InChI=1S/2C33H44O8.2Na/c2*1-2-11-27-30(18-16-26-28(34)20-23-41-33(26)27)40-21-8-4-3-6-12-24-13-10-14-29(25(24)17-19-32(37)38)39-22-9-5-7-15-31(35)36;;/h2*10,13-14,16,18H,2-9,11-12,15,17,19-23H2,1H3,(H,35,36)(H,37,38);;/q;;2*+1/p-2. The van der Waals surface area contributed by atoms with Gasteiger partial charge in [-0.2, -0.15) is 0 Å². The van der Waals surface area contributed by atoms with Crippen molar-refractivity contribution in [1.82, 2.24) is 0 Å². The van der Waals surface area contributed by atoms with Crippen LogP contribution in [0.3, 0.4) is 0 Å². The fourth-order valence-corrected chi connectivity index (χ4v) is 10.4. The molecule has 0 saturated carbocycles. The van der Waals surface area contributed by atoms with E-state index in [4.69, 9.17) is 38.6 Å². The average molecular weight is 1180 g/mol. The van der Waals surface area contributed by atoms with E-state index in [1.165, 1.54) is 0 Å². The molecule has 16 nitrogen and oxygen atoms in total. The molecule has 0 aliphatic carbocycles. The van der Waals surface area contributed by atoms with Gasteiger partial charge < -0.3 is 58.4 Å². The molecule has 0 atom stereocenters. The first-order valence-corrected chi connectivity index (χ1v) is 30.0. The van der Waals surface area contributed by atoms with E-state index >= 15 is 0 Å². The second kappa shape index (κ2) is 41.9. The first-order valence-electron chi connectivity index (χ1n) is 30.0. The summed E-state index contributed by atoms with van der Waals surface area (Å²) in [6, 6.07) is 19.1. The Morgan fingerprint density at radius 3 is 1.12 bits per heavy atom. The molecule has 0 aromatic heterocycles. The van der Waals surface area contributed by atoms with Crippen molar-refractivity contribution in [3.8, 4) is 34.5 Å². The largest absolute Gasteiger partial charge is 1.00 e. The predicted molar refractivity (Wildman–Crippen MR) is 308 cm³/mol. The van der Waals surface area contributed by atoms with Crippen LogP contribution in [0.15, 0.2) is 60.7 Å². The number of carboxylic acid groups (broad SMARTS) is 4. The van der Waals surface area contributed by atoms with E-state index in [0.29, 0.717) is 112 Å². The molecule has 2 N–H and O–H groups in total. The van der Waals surface area contributed by atoms with Crippen molar-refractivity contribution in [3.05, 3.63) is 105 Å². The summed E-state index contributed by atoms with van der Waals surface area (Å²) in [5.74, 6) is 0.901. The fraction of sp³-hybridized carbons (Fsp3) is 0.545. The third kappa shape index (κ3) is 25.9. The molecule has 18 heteroatoms. The first-order chi connectivity index (χ1) is 39.8. The fourth-order valence-electron chi connectivity index (χ4n) is 10.4. The van der Waals surface area contributed by atoms with Gasteiger partial charge in [-0.25, -0.2) is 0 Å². The zero-order valence-electron chi connectivity index (χ0n) is 50.4. The van der Waals surface area contributed by atoms with Gasteiger partial charge in [-0.15, -0.1) is 0 Å². The van der Waals surface area contributed by atoms with Gasteiger partial charge in [0.05, 0.1) is 50.8 Å². The Kier molecular flexibility index (Phi) is 36.5. The van der Waals surface area contributed by atoms with Gasteiger partial charge in [-0.05, 0) is 174 Å². The number of hydrogen-bond acceptors (Lipinski definition) is 14. The Bertz CT molecular complexity index is 2510. The van der Waals surface area contributed by atoms with Crippen LogP contribution in [0.4, 0.5) is 0 Å². The van der Waals surface area contributed by atoms with Crippen LogP contribution in [-0.4, -0.2) is 85.3 Å². The number of aryl methyl sites for hydroxylation is 2. The summed E-state index contributed by atoms with van der Waals surface area (Å²) in [4.78, 5) is 68.1. The molecule has 2 aliphatic heterocycles. The second-order valence-electron chi connectivity index (χ2n) is 21.0. The maximum atomic E-state index is 12.2. The van der Waals surface area contributed by atoms with Gasteiger partial charge in [0.1, 0.15) is 34.5 Å². The van der Waals surface area contributed by atoms with E-state index in [9.17, 15) is 39.0 Å². The van der Waals surface area contributed by atoms with E-state index in [2.05, 4.69) is 13.8 Å². The van der Waals surface area contributed by atoms with Crippen LogP contribution < -0.4 is 97.7 Å². The number of unbranched alkanes of at least 4 members (excludes halogenated alkanes) is 10. The van der Waals surface area contributed by atoms with Crippen LogP contribution in [0, 0.1) is 0 Å². The summed E-state index contributed by atoms with van der Waals surface area (Å²) in [5.41, 5.74) is 7.34. The number of ketones is 2. The third-order valence-electron chi connectivity index (χ3n) is 14.6. The van der Waals surface area contributed by atoms with Crippen LogP contribution in [-0.2, 0) is 57.7 Å². The molecule has 0 saturated heterocycles. The molecule has 0 spiro atoms. The number of rotatable bonds is 40. The summed E-state index contributed by atoms with van der Waals surface area (Å²) in [6.45, 7) is 7.17. The minimum absolute atomic E-state index is 0. The maximum absolute atomic E-state index is 12.2. The van der Waals surface area contributed by atoms with Gasteiger partial charge >= 0.3 is 71.1 Å². The van der Waals surface area contributed by atoms with Crippen molar-refractivity contribution in [1.29, 1.82) is 0 Å². The number of benzene rings is 4. The molecule has 2 aliphatic rings. The summed E-state index contributed by atoms with van der Waals surface area (Å²) in [5, 5.41) is 39.8. The summed E-state index contributed by atoms with van der Waals surface area (Å²) < 4.78 is 35.9. The number of aliphatic carboxylic acids is 4. The van der Waals surface area contributed by atoms with Crippen LogP contribution in [0.1, 0.15) is 209 Å². The molecule has 4 aromatic rings. The Morgan fingerprint density at radius 1 is 0.429 bits per heavy atom. The Labute approximate surface area is 541 Å². The minimum Gasteiger partial charge on any atom is -0.550 e. The SMILES string of the molecule is CCCc1c(OCCCCCCc2cccc(OCCCCCC(=O)O)c2CCC(=O)[O-])ccc2c1OCCC2=O.CCCc1c(OCCCCCCc2cccc(OCCCCCC(=O)O)c2CCC(=O)[O-])ccc2c1OCCC2=O.[Na+].[Na+]. The number of carboxylic acids is 4. The number of ether oxygens (including phenoxy) is 6. The minimum atomic E-state index is -1.08. The smallest absolute Gasteiger partial charge is 0.550 e. The van der Waals surface area contributed by atoms with Gasteiger partial charge in [-0.1, -0.05) is 76.6 Å². The van der Waals surface area contributed by atoms with Crippen molar-refractivity contribution in [2.24, 2.45) is 0 Å². The van der Waals surface area contributed by atoms with Crippen LogP contribution >= 0.6 is 0 Å². The Balaban J connectivity index is 0.000000430. The number of carbonyl (C=O) groups is 6. The molecular formula is C66H86Na2O16. The van der Waals surface area contributed by atoms with Crippen molar-refractivity contribution >= 4 is 35.4 Å². The molecule has 448 valence electrons. The van der Waals surface area contributed by atoms with Gasteiger partial charge in [0.25, 0.3) is 0 Å². The zero-order chi connectivity index (χ0) is 58.9. The molecular weight excluding hydrogens is 1090 g/mol. The molecule has 0 fully saturated rings. The van der Waals surface area contributed by atoms with E-state index < -0.39 is 23.9 Å². The number of fused-ring (bicyclic) bond motifs is 2. The summed E-state index contributed by atoms with van der Waals surface area (Å²) in [7, 11) is 0. The average Bonchev–Trinajstić information content (AvgIpc) is 3.55. The van der Waals surface area contributed by atoms with Gasteiger partial charge in [0.15, 0.2) is 11.6 Å². The van der Waals surface area contributed by atoms with E-state index in [-0.39, 0.29) is 96.4 Å². The van der Waals surface area contributed by atoms with Crippen LogP contribution in [0.5, 0.6) is 34.5 Å². The zero-order valence-corrected chi connectivity index (χ0v) is 54.4. The number of carbonyl (C=O) groups excluding carboxylic acids is 4. The Hall–Kier alpha value is -5.10. The van der Waals surface area contributed by atoms with Gasteiger partial charge in [0.2, 0.25) is 0 Å². The third-order valence-corrected chi connectivity index (χ3v) is 14.6. The molecule has 0 bridgehead atoms. The topological polar surface area (TPSA) is 244 Å². The first kappa shape index (κ1) is 73.2. The summed E-state index contributed by atoms with van der Waals surface area (Å²) >= 11 is 0. The monoisotopic (exact) mass is 1180 g/mol. The molecule has 6 rings (SSSR count). The van der Waals surface area contributed by atoms with Gasteiger partial charge in [0, 0.05) is 48.7 Å². The second-order valence-corrected chi connectivity index (χ2v) is 21.0. The van der Waals surface area contributed by atoms with Crippen molar-refractivity contribution in [2.75, 3.05) is 39.6 Å². The number of hydrogen-bond donors (Lipinski definition) is 2. The quantitative estimate of drug-likeness (QED) is 0.0440. The van der Waals surface area contributed by atoms with Crippen molar-refractivity contribution in [2.45, 2.75) is 194 Å². The molecule has 0 radical (unpaired) electrons. The van der Waals surface area contributed by atoms with Crippen LogP contribution in [0.25, 0.3) is 0 Å². The van der Waals surface area contributed by atoms with Gasteiger partial charge in [-0.3, -0.25) is 19.2 Å². The molecule has 0 amide bonds. The van der Waals surface area contributed by atoms with E-state index in [0.717, 1.165) is 160 Å². The molecule has 0 unspecified atom stereocenters. The maximum Gasteiger partial charge on any atom is 1.00 e. The predicted octanol–water partition coefficient (Wildman–Crippen LogP) is 4.99. The normalized spacial score (nSPS) is 12.2. The molecule has 84 heavy (non-hydrogen) atoms. The van der Waals surface area contributed by atoms with E-state index in [1.54, 1.807) is 0 Å². The van der Waals surface area contributed by atoms with E-state index in [1.807, 2.05) is 60.7 Å². The number of Topliss-reactive ketones (excluding diaryl/α,β-unsaturated/α-hetero) is 2. The Morgan fingerprint density at radius 2 is 0.774 bits per heavy atom. The van der Waals surface area contributed by atoms with Crippen LogP contribution in [0.2, 0.25) is 0 Å². The molecule has 4 aromatic carbocycles. The van der Waals surface area contributed by atoms with Crippen molar-refractivity contribution < 1.29 is 137 Å². The molecule has 2 heterocycles. The summed E-state index contributed by atoms with van der Waals surface area (Å²) in [6.07, 6.45) is 18.9. The van der Waals surface area contributed by atoms with Crippen molar-refractivity contribution in [3.63, 3.8) is 0 Å².